The first-order valence-corrected chi connectivity index (χ1v) is 8.26. The van der Waals surface area contributed by atoms with Gasteiger partial charge in [0.2, 0.25) is 0 Å². The number of aliphatic hydroxyl groups excluding tert-OH is 1. The fraction of sp³-hybridized carbons (Fsp3) is 0.588. The van der Waals surface area contributed by atoms with Crippen molar-refractivity contribution in [1.29, 1.82) is 0 Å². The molecule has 6 heteroatoms. The number of carbonyl (C=O) groups is 1. The van der Waals surface area contributed by atoms with Crippen LogP contribution in [0.3, 0.4) is 0 Å². The van der Waals surface area contributed by atoms with E-state index in [2.05, 4.69) is 10.2 Å². The Bertz CT molecular complexity index is 528. The average molecular weight is 341 g/mol. The highest BCUT2D eigenvalue weighted by molar-refractivity contribution is 6.30. The number of carbonyl (C=O) groups excluding carboxylic acids is 1. The minimum absolute atomic E-state index is 0.0577. The Hall–Kier alpha value is -1.30. The molecule has 1 aliphatic rings. The standard InChI is InChI=1S/C17H25ClN2O3/c1-17(2,3)23-16(22)19-14-8-9-20(10-14)11-15(21)12-4-6-13(18)7-5-12/h4-7,14-15,21H,8-11H2,1-3H3,(H,19,22). The first kappa shape index (κ1) is 18.0. The van der Waals surface area contributed by atoms with Gasteiger partial charge in [0, 0.05) is 30.7 Å². The van der Waals surface area contributed by atoms with Crippen molar-refractivity contribution in [2.24, 2.45) is 0 Å². The lowest BCUT2D eigenvalue weighted by Gasteiger charge is -2.23. The summed E-state index contributed by atoms with van der Waals surface area (Å²) in [6.45, 7) is 7.62. The summed E-state index contributed by atoms with van der Waals surface area (Å²) in [7, 11) is 0. The van der Waals surface area contributed by atoms with Crippen molar-refractivity contribution in [1.82, 2.24) is 10.2 Å². The number of β-amino-alcohol motifs (C(OH)–C–C–N with tert-alkyl or cyclic N) is 1. The summed E-state index contributed by atoms with van der Waals surface area (Å²) in [4.78, 5) is 13.9. The van der Waals surface area contributed by atoms with Gasteiger partial charge in [0.05, 0.1) is 6.10 Å². The van der Waals surface area contributed by atoms with Crippen molar-refractivity contribution in [3.05, 3.63) is 34.9 Å². The molecule has 2 atom stereocenters. The van der Waals surface area contributed by atoms with Crippen molar-refractivity contribution in [3.63, 3.8) is 0 Å². The molecular weight excluding hydrogens is 316 g/mol. The molecule has 0 spiro atoms. The van der Waals surface area contributed by atoms with Crippen molar-refractivity contribution >= 4 is 17.7 Å². The molecule has 2 N–H and O–H groups in total. The number of hydrogen-bond donors (Lipinski definition) is 2. The third-order valence-corrected chi connectivity index (χ3v) is 3.93. The van der Waals surface area contributed by atoms with Gasteiger partial charge in [-0.3, -0.25) is 4.90 Å². The molecule has 0 bridgehead atoms. The monoisotopic (exact) mass is 340 g/mol. The smallest absolute Gasteiger partial charge is 0.407 e. The lowest BCUT2D eigenvalue weighted by molar-refractivity contribution is 0.0504. The molecule has 0 radical (unpaired) electrons. The largest absolute Gasteiger partial charge is 0.444 e. The van der Waals surface area contributed by atoms with E-state index in [-0.39, 0.29) is 12.1 Å². The fourth-order valence-electron chi connectivity index (χ4n) is 2.63. The number of nitrogens with zero attached hydrogens (tertiary/aromatic N) is 1. The molecule has 0 saturated carbocycles. The number of halogens is 1. The summed E-state index contributed by atoms with van der Waals surface area (Å²) >= 11 is 5.86. The van der Waals surface area contributed by atoms with E-state index in [1.54, 1.807) is 12.1 Å². The Morgan fingerprint density at radius 2 is 2.09 bits per heavy atom. The Kier molecular flexibility index (Phi) is 5.89. The van der Waals surface area contributed by atoms with Gasteiger partial charge in [-0.25, -0.2) is 4.79 Å². The zero-order valence-corrected chi connectivity index (χ0v) is 14.6. The second kappa shape index (κ2) is 7.51. The highest BCUT2D eigenvalue weighted by Crippen LogP contribution is 2.20. The van der Waals surface area contributed by atoms with Crippen molar-refractivity contribution in [3.8, 4) is 0 Å². The maximum Gasteiger partial charge on any atom is 0.407 e. The molecule has 128 valence electrons. The van der Waals surface area contributed by atoms with Crippen LogP contribution in [-0.2, 0) is 4.74 Å². The summed E-state index contributed by atoms with van der Waals surface area (Å²) < 4.78 is 5.27. The maximum atomic E-state index is 11.8. The number of benzene rings is 1. The van der Waals surface area contributed by atoms with Crippen LogP contribution in [0.1, 0.15) is 38.9 Å². The summed E-state index contributed by atoms with van der Waals surface area (Å²) in [5.74, 6) is 0. The summed E-state index contributed by atoms with van der Waals surface area (Å²) in [6, 6.07) is 7.27. The highest BCUT2D eigenvalue weighted by Gasteiger charge is 2.27. The molecule has 5 nitrogen and oxygen atoms in total. The van der Waals surface area contributed by atoms with Crippen LogP contribution >= 0.6 is 11.6 Å². The van der Waals surface area contributed by atoms with E-state index < -0.39 is 11.7 Å². The molecule has 2 unspecified atom stereocenters. The van der Waals surface area contributed by atoms with E-state index in [1.165, 1.54) is 0 Å². The number of likely N-dealkylation sites (tertiary alicyclic amines) is 1. The second-order valence-electron chi connectivity index (χ2n) is 6.96. The molecule has 1 heterocycles. The Balaban J connectivity index is 1.79. The Labute approximate surface area is 142 Å². The molecular formula is C17H25ClN2O3. The van der Waals surface area contributed by atoms with Gasteiger partial charge in [-0.05, 0) is 44.9 Å². The summed E-state index contributed by atoms with van der Waals surface area (Å²) in [5.41, 5.74) is 0.352. The van der Waals surface area contributed by atoms with Crippen LogP contribution in [0.5, 0.6) is 0 Å². The van der Waals surface area contributed by atoms with E-state index in [0.29, 0.717) is 18.1 Å². The van der Waals surface area contributed by atoms with Crippen LogP contribution in [0.15, 0.2) is 24.3 Å². The normalized spacial score (nSPS) is 20.3. The van der Waals surface area contributed by atoms with Gasteiger partial charge < -0.3 is 15.2 Å². The molecule has 1 fully saturated rings. The molecule has 2 rings (SSSR count). The van der Waals surface area contributed by atoms with E-state index in [9.17, 15) is 9.90 Å². The van der Waals surface area contributed by atoms with Crippen molar-refractivity contribution < 1.29 is 14.6 Å². The molecule has 1 amide bonds. The zero-order valence-electron chi connectivity index (χ0n) is 13.9. The van der Waals surface area contributed by atoms with Crippen LogP contribution in [-0.4, -0.2) is 47.4 Å². The molecule has 1 aromatic rings. The Morgan fingerprint density at radius 3 is 2.70 bits per heavy atom. The predicted molar refractivity (Wildman–Crippen MR) is 90.6 cm³/mol. The lowest BCUT2D eigenvalue weighted by Crippen LogP contribution is -2.40. The third-order valence-electron chi connectivity index (χ3n) is 3.68. The lowest BCUT2D eigenvalue weighted by atomic mass is 10.1. The van der Waals surface area contributed by atoms with Crippen LogP contribution in [0.4, 0.5) is 4.79 Å². The fourth-order valence-corrected chi connectivity index (χ4v) is 2.75. The van der Waals surface area contributed by atoms with Gasteiger partial charge in [0.1, 0.15) is 5.60 Å². The van der Waals surface area contributed by atoms with Gasteiger partial charge >= 0.3 is 6.09 Å². The molecule has 1 saturated heterocycles. The number of alkyl carbamates (subject to hydrolysis) is 1. The minimum atomic E-state index is -0.562. The first-order valence-electron chi connectivity index (χ1n) is 7.88. The van der Waals surface area contributed by atoms with E-state index >= 15 is 0 Å². The van der Waals surface area contributed by atoms with Crippen molar-refractivity contribution in [2.75, 3.05) is 19.6 Å². The van der Waals surface area contributed by atoms with E-state index in [1.807, 2.05) is 32.9 Å². The van der Waals surface area contributed by atoms with E-state index in [0.717, 1.165) is 18.5 Å². The van der Waals surface area contributed by atoms with Gasteiger partial charge in [-0.1, -0.05) is 23.7 Å². The van der Waals surface area contributed by atoms with Gasteiger partial charge in [-0.15, -0.1) is 0 Å². The molecule has 1 aromatic carbocycles. The minimum Gasteiger partial charge on any atom is -0.444 e. The Morgan fingerprint density at radius 1 is 1.43 bits per heavy atom. The van der Waals surface area contributed by atoms with Crippen LogP contribution in [0, 0.1) is 0 Å². The molecule has 1 aliphatic heterocycles. The molecule has 0 aromatic heterocycles. The predicted octanol–water partition coefficient (Wildman–Crippen LogP) is 2.97. The van der Waals surface area contributed by atoms with Gasteiger partial charge in [0.15, 0.2) is 0 Å². The maximum absolute atomic E-state index is 11.8. The van der Waals surface area contributed by atoms with Gasteiger partial charge in [0.25, 0.3) is 0 Å². The third kappa shape index (κ3) is 6.01. The SMILES string of the molecule is CC(C)(C)OC(=O)NC1CCN(CC(O)c2ccc(Cl)cc2)C1. The number of ether oxygens (including phenoxy) is 1. The number of nitrogens with one attached hydrogen (secondary N) is 1. The summed E-state index contributed by atoms with van der Waals surface area (Å²) in [6.07, 6.45) is -0.0952. The van der Waals surface area contributed by atoms with Gasteiger partial charge in [-0.2, -0.15) is 0 Å². The topological polar surface area (TPSA) is 61.8 Å². The van der Waals surface area contributed by atoms with Crippen molar-refractivity contribution in [2.45, 2.75) is 44.9 Å². The number of amides is 1. The van der Waals surface area contributed by atoms with Crippen LogP contribution < -0.4 is 5.32 Å². The average Bonchev–Trinajstić information content (AvgIpc) is 2.84. The van der Waals surface area contributed by atoms with E-state index in [4.69, 9.17) is 16.3 Å². The molecule has 0 aliphatic carbocycles. The quantitative estimate of drug-likeness (QED) is 0.884. The van der Waals surface area contributed by atoms with Crippen LogP contribution in [0.2, 0.25) is 5.02 Å². The zero-order chi connectivity index (χ0) is 17.0. The highest BCUT2D eigenvalue weighted by atomic mass is 35.5. The van der Waals surface area contributed by atoms with Crippen LogP contribution in [0.25, 0.3) is 0 Å². The molecule has 23 heavy (non-hydrogen) atoms. The number of rotatable bonds is 4. The number of aliphatic hydroxyl groups is 1. The number of hydrogen-bond acceptors (Lipinski definition) is 4. The first-order chi connectivity index (χ1) is 10.7. The summed E-state index contributed by atoms with van der Waals surface area (Å²) in [5, 5.41) is 13.8. The second-order valence-corrected chi connectivity index (χ2v) is 7.40.